The highest BCUT2D eigenvalue weighted by Gasteiger charge is 2.14. The van der Waals surface area contributed by atoms with Crippen molar-refractivity contribution < 1.29 is 4.74 Å². The number of alkyl halides is 1. The van der Waals surface area contributed by atoms with Gasteiger partial charge in [-0.15, -0.1) is 11.6 Å². The number of ether oxygens (including phenoxy) is 1. The first-order chi connectivity index (χ1) is 9.01. The van der Waals surface area contributed by atoms with Gasteiger partial charge in [-0.1, -0.05) is 28.1 Å². The van der Waals surface area contributed by atoms with E-state index in [1.165, 1.54) is 5.56 Å². The lowest BCUT2D eigenvalue weighted by molar-refractivity contribution is 0.414. The lowest BCUT2D eigenvalue weighted by Crippen LogP contribution is -1.98. The summed E-state index contributed by atoms with van der Waals surface area (Å²) in [7, 11) is 1.67. The van der Waals surface area contributed by atoms with Crippen LogP contribution in [0.2, 0.25) is 0 Å². The predicted molar refractivity (Wildman–Crippen MR) is 84.3 cm³/mol. The lowest BCUT2D eigenvalue weighted by atomic mass is 9.99. The molecule has 0 saturated heterocycles. The van der Waals surface area contributed by atoms with Crippen LogP contribution in [0.15, 0.2) is 40.9 Å². The molecule has 1 atom stereocenters. The van der Waals surface area contributed by atoms with Gasteiger partial charge in [0.25, 0.3) is 0 Å². The van der Waals surface area contributed by atoms with Crippen molar-refractivity contribution in [3.63, 3.8) is 0 Å². The van der Waals surface area contributed by atoms with Crippen LogP contribution in [0.5, 0.6) is 5.75 Å². The van der Waals surface area contributed by atoms with Gasteiger partial charge < -0.3 is 4.74 Å². The summed E-state index contributed by atoms with van der Waals surface area (Å²) in [4.78, 5) is 0. The molecule has 0 N–H and O–H groups in total. The SMILES string of the molecule is COc1ccc(C(Cl)c2cc(C)cc(Br)c2)c(C)c1. The highest BCUT2D eigenvalue weighted by molar-refractivity contribution is 9.10. The third-order valence-electron chi connectivity index (χ3n) is 3.11. The zero-order valence-electron chi connectivity index (χ0n) is 11.2. The molecule has 0 saturated carbocycles. The van der Waals surface area contributed by atoms with Crippen LogP contribution in [0.3, 0.4) is 0 Å². The topological polar surface area (TPSA) is 9.23 Å². The maximum atomic E-state index is 6.61. The molecule has 0 aliphatic heterocycles. The Bertz CT molecular complexity index is 575. The summed E-state index contributed by atoms with van der Waals surface area (Å²) in [6.07, 6.45) is 0. The minimum absolute atomic E-state index is 0.151. The fourth-order valence-electron chi connectivity index (χ4n) is 2.15. The van der Waals surface area contributed by atoms with E-state index in [2.05, 4.69) is 48.0 Å². The summed E-state index contributed by atoms with van der Waals surface area (Å²) < 4.78 is 6.28. The number of halogens is 2. The first-order valence-electron chi connectivity index (χ1n) is 6.07. The monoisotopic (exact) mass is 338 g/mol. The molecular weight excluding hydrogens is 324 g/mol. The molecule has 3 heteroatoms. The molecule has 100 valence electrons. The Morgan fingerprint density at radius 3 is 2.42 bits per heavy atom. The summed E-state index contributed by atoms with van der Waals surface area (Å²) in [5, 5.41) is -0.151. The van der Waals surface area contributed by atoms with Crippen molar-refractivity contribution in [3.05, 3.63) is 63.1 Å². The third-order valence-corrected chi connectivity index (χ3v) is 4.05. The van der Waals surface area contributed by atoms with Crippen LogP contribution in [0.25, 0.3) is 0 Å². The molecule has 0 radical (unpaired) electrons. The Hall–Kier alpha value is -0.990. The second-order valence-corrected chi connectivity index (χ2v) is 6.00. The zero-order valence-corrected chi connectivity index (χ0v) is 13.5. The molecule has 1 nitrogen and oxygen atoms in total. The van der Waals surface area contributed by atoms with E-state index in [-0.39, 0.29) is 5.38 Å². The van der Waals surface area contributed by atoms with Crippen LogP contribution >= 0.6 is 27.5 Å². The third kappa shape index (κ3) is 3.31. The molecule has 0 aromatic heterocycles. The fourth-order valence-corrected chi connectivity index (χ4v) is 3.15. The van der Waals surface area contributed by atoms with Gasteiger partial charge in [-0.05, 0) is 60.4 Å². The van der Waals surface area contributed by atoms with Crippen LogP contribution in [0.4, 0.5) is 0 Å². The summed E-state index contributed by atoms with van der Waals surface area (Å²) in [6, 6.07) is 12.2. The van der Waals surface area contributed by atoms with Gasteiger partial charge in [-0.3, -0.25) is 0 Å². The summed E-state index contributed by atoms with van der Waals surface area (Å²) in [5.74, 6) is 0.857. The second-order valence-electron chi connectivity index (χ2n) is 4.65. The van der Waals surface area contributed by atoms with Crippen LogP contribution in [-0.2, 0) is 0 Å². The number of benzene rings is 2. The fraction of sp³-hybridized carbons (Fsp3) is 0.250. The molecule has 0 aliphatic carbocycles. The maximum absolute atomic E-state index is 6.61. The van der Waals surface area contributed by atoms with Crippen molar-refractivity contribution in [3.8, 4) is 5.75 Å². The van der Waals surface area contributed by atoms with Crippen molar-refractivity contribution in [1.82, 2.24) is 0 Å². The Balaban J connectivity index is 2.40. The molecule has 2 aromatic carbocycles. The van der Waals surface area contributed by atoms with Crippen molar-refractivity contribution in [2.24, 2.45) is 0 Å². The highest BCUT2D eigenvalue weighted by atomic mass is 79.9. The molecule has 0 fully saturated rings. The summed E-state index contributed by atoms with van der Waals surface area (Å²) >= 11 is 10.1. The Kier molecular flexibility index (Phi) is 4.54. The van der Waals surface area contributed by atoms with Crippen molar-refractivity contribution in [1.29, 1.82) is 0 Å². The van der Waals surface area contributed by atoms with E-state index in [9.17, 15) is 0 Å². The number of hydrogen-bond donors (Lipinski definition) is 0. The first-order valence-corrected chi connectivity index (χ1v) is 7.30. The van der Waals surface area contributed by atoms with E-state index in [4.69, 9.17) is 16.3 Å². The maximum Gasteiger partial charge on any atom is 0.119 e. The summed E-state index contributed by atoms with van der Waals surface area (Å²) in [6.45, 7) is 4.12. The Labute approximate surface area is 127 Å². The second kappa shape index (κ2) is 5.98. The van der Waals surface area contributed by atoms with E-state index in [1.807, 2.05) is 18.2 Å². The van der Waals surface area contributed by atoms with Gasteiger partial charge in [-0.25, -0.2) is 0 Å². The minimum Gasteiger partial charge on any atom is -0.497 e. The van der Waals surface area contributed by atoms with Crippen molar-refractivity contribution >= 4 is 27.5 Å². The van der Waals surface area contributed by atoms with Crippen LogP contribution in [0, 0.1) is 13.8 Å². The largest absolute Gasteiger partial charge is 0.497 e. The number of rotatable bonds is 3. The molecule has 19 heavy (non-hydrogen) atoms. The minimum atomic E-state index is -0.151. The zero-order chi connectivity index (χ0) is 14.0. The molecule has 0 heterocycles. The lowest BCUT2D eigenvalue weighted by Gasteiger charge is -2.15. The van der Waals surface area contributed by atoms with Crippen molar-refractivity contribution in [2.75, 3.05) is 7.11 Å². The molecule has 1 unspecified atom stereocenters. The normalized spacial score (nSPS) is 12.3. The first kappa shape index (κ1) is 14.4. The summed E-state index contributed by atoms with van der Waals surface area (Å²) in [5.41, 5.74) is 4.54. The van der Waals surface area contributed by atoms with Gasteiger partial charge in [-0.2, -0.15) is 0 Å². The van der Waals surface area contributed by atoms with E-state index in [1.54, 1.807) is 7.11 Å². The van der Waals surface area contributed by atoms with Crippen molar-refractivity contribution in [2.45, 2.75) is 19.2 Å². The van der Waals surface area contributed by atoms with Gasteiger partial charge in [0.2, 0.25) is 0 Å². The number of hydrogen-bond acceptors (Lipinski definition) is 1. The quantitative estimate of drug-likeness (QED) is 0.680. The van der Waals surface area contributed by atoms with Crippen LogP contribution in [-0.4, -0.2) is 7.11 Å². The standard InChI is InChI=1S/C16H16BrClO/c1-10-6-12(9-13(17)7-10)16(18)15-5-4-14(19-3)8-11(15)2/h4-9,16H,1-3H3. The van der Waals surface area contributed by atoms with E-state index >= 15 is 0 Å². The van der Waals surface area contributed by atoms with Crippen LogP contribution < -0.4 is 4.74 Å². The molecule has 0 spiro atoms. The highest BCUT2D eigenvalue weighted by Crippen LogP contribution is 2.34. The van der Waals surface area contributed by atoms with E-state index in [0.717, 1.165) is 26.9 Å². The molecule has 2 rings (SSSR count). The number of methoxy groups -OCH3 is 1. The van der Waals surface area contributed by atoms with Gasteiger partial charge in [0, 0.05) is 4.47 Å². The average molecular weight is 340 g/mol. The van der Waals surface area contributed by atoms with E-state index in [0.29, 0.717) is 0 Å². The van der Waals surface area contributed by atoms with Crippen LogP contribution in [0.1, 0.15) is 27.6 Å². The van der Waals surface area contributed by atoms with Gasteiger partial charge in [0.1, 0.15) is 5.75 Å². The molecule has 0 amide bonds. The van der Waals surface area contributed by atoms with E-state index < -0.39 is 0 Å². The van der Waals surface area contributed by atoms with Gasteiger partial charge >= 0.3 is 0 Å². The predicted octanol–water partition coefficient (Wildman–Crippen LogP) is 5.40. The smallest absolute Gasteiger partial charge is 0.119 e. The molecule has 2 aromatic rings. The van der Waals surface area contributed by atoms with Gasteiger partial charge in [0.15, 0.2) is 0 Å². The number of aryl methyl sites for hydroxylation is 2. The Morgan fingerprint density at radius 1 is 1.11 bits per heavy atom. The molecule has 0 aliphatic rings. The average Bonchev–Trinajstić information content (AvgIpc) is 2.36. The molecule has 0 bridgehead atoms. The van der Waals surface area contributed by atoms with Gasteiger partial charge in [0.05, 0.1) is 12.5 Å². The Morgan fingerprint density at radius 2 is 1.84 bits per heavy atom. The molecular formula is C16H16BrClO.